The maximum atomic E-state index is 14.0. The van der Waals surface area contributed by atoms with Crippen molar-refractivity contribution in [1.82, 2.24) is 15.0 Å². The summed E-state index contributed by atoms with van der Waals surface area (Å²) in [5.41, 5.74) is 2.19. The van der Waals surface area contributed by atoms with Gasteiger partial charge < -0.3 is 4.74 Å². The Bertz CT molecular complexity index is 603. The predicted molar refractivity (Wildman–Crippen MR) is 74.0 cm³/mol. The zero-order valence-electron chi connectivity index (χ0n) is 11.7. The van der Waals surface area contributed by atoms with Crippen LogP contribution in [0.5, 0.6) is 0 Å². The summed E-state index contributed by atoms with van der Waals surface area (Å²) in [5, 5.41) is 8.26. The molecule has 1 aromatic carbocycles. The average molecular weight is 275 g/mol. The van der Waals surface area contributed by atoms with Gasteiger partial charge in [-0.25, -0.2) is 9.07 Å². The topological polar surface area (TPSA) is 39.9 Å². The lowest BCUT2D eigenvalue weighted by atomic mass is 10.0. The lowest BCUT2D eigenvalue weighted by molar-refractivity contribution is 0.184. The van der Waals surface area contributed by atoms with Gasteiger partial charge in [0.2, 0.25) is 0 Å². The van der Waals surface area contributed by atoms with Gasteiger partial charge in [0.05, 0.1) is 18.8 Å². The van der Waals surface area contributed by atoms with Gasteiger partial charge in [-0.1, -0.05) is 31.2 Å². The van der Waals surface area contributed by atoms with E-state index in [0.29, 0.717) is 12.3 Å². The van der Waals surface area contributed by atoms with Crippen LogP contribution >= 0.6 is 0 Å². The van der Waals surface area contributed by atoms with Crippen molar-refractivity contribution in [2.45, 2.75) is 32.2 Å². The largest absolute Gasteiger partial charge is 0.379 e. The molecule has 0 bridgehead atoms. The van der Waals surface area contributed by atoms with Crippen LogP contribution in [0.1, 0.15) is 37.8 Å². The number of rotatable bonds is 3. The molecule has 4 nitrogen and oxygen atoms in total. The highest BCUT2D eigenvalue weighted by molar-refractivity contribution is 5.58. The number of nitrogens with zero attached hydrogens (tertiary/aromatic N) is 3. The van der Waals surface area contributed by atoms with Crippen LogP contribution in [0.15, 0.2) is 24.4 Å². The van der Waals surface area contributed by atoms with E-state index in [-0.39, 0.29) is 17.8 Å². The standard InChI is InChI=1S/C15H18FN3O/c1-10(2)13-4-3-11(7-14(13)16)15-8-19(18-17-15)12-5-6-20-9-12/h3-4,7-8,10,12H,5-6,9H2,1-2H3/t12-/m1/s1. The van der Waals surface area contributed by atoms with Gasteiger partial charge in [0.1, 0.15) is 11.5 Å². The van der Waals surface area contributed by atoms with Crippen molar-refractivity contribution in [1.29, 1.82) is 0 Å². The van der Waals surface area contributed by atoms with Crippen LogP contribution in [0, 0.1) is 5.82 Å². The molecule has 5 heteroatoms. The van der Waals surface area contributed by atoms with E-state index >= 15 is 0 Å². The van der Waals surface area contributed by atoms with Crippen LogP contribution in [0.4, 0.5) is 4.39 Å². The van der Waals surface area contributed by atoms with E-state index in [4.69, 9.17) is 4.74 Å². The van der Waals surface area contributed by atoms with Gasteiger partial charge in [-0.2, -0.15) is 0 Å². The van der Waals surface area contributed by atoms with Crippen molar-refractivity contribution in [3.05, 3.63) is 35.8 Å². The van der Waals surface area contributed by atoms with Crippen molar-refractivity contribution >= 4 is 0 Å². The van der Waals surface area contributed by atoms with Gasteiger partial charge in [0.15, 0.2) is 0 Å². The Hall–Kier alpha value is -1.75. The highest BCUT2D eigenvalue weighted by Gasteiger charge is 2.19. The minimum absolute atomic E-state index is 0.176. The Labute approximate surface area is 117 Å². The molecule has 1 aromatic heterocycles. The lowest BCUT2D eigenvalue weighted by Gasteiger charge is -2.08. The first-order valence-electron chi connectivity index (χ1n) is 6.94. The van der Waals surface area contributed by atoms with Crippen LogP contribution in [0.2, 0.25) is 0 Å². The van der Waals surface area contributed by atoms with Gasteiger partial charge in [0.25, 0.3) is 0 Å². The zero-order valence-corrected chi connectivity index (χ0v) is 11.7. The summed E-state index contributed by atoms with van der Waals surface area (Å²) in [6.07, 6.45) is 2.81. The summed E-state index contributed by atoms with van der Waals surface area (Å²) in [7, 11) is 0. The Morgan fingerprint density at radius 3 is 2.90 bits per heavy atom. The summed E-state index contributed by atoms with van der Waals surface area (Å²) in [6.45, 7) is 5.39. The molecule has 106 valence electrons. The molecule has 0 N–H and O–H groups in total. The molecule has 0 saturated carbocycles. The fraction of sp³-hybridized carbons (Fsp3) is 0.467. The molecule has 0 spiro atoms. The average Bonchev–Trinajstić information content (AvgIpc) is 3.09. The van der Waals surface area contributed by atoms with Crippen LogP contribution in [-0.4, -0.2) is 28.2 Å². The number of benzene rings is 1. The lowest BCUT2D eigenvalue weighted by Crippen LogP contribution is -2.08. The van der Waals surface area contributed by atoms with Gasteiger partial charge in [-0.3, -0.25) is 0 Å². The van der Waals surface area contributed by atoms with Gasteiger partial charge >= 0.3 is 0 Å². The zero-order chi connectivity index (χ0) is 14.1. The molecule has 1 saturated heterocycles. The smallest absolute Gasteiger partial charge is 0.127 e. The predicted octanol–water partition coefficient (Wildman–Crippen LogP) is 3.17. The van der Waals surface area contributed by atoms with E-state index in [1.54, 1.807) is 0 Å². The molecule has 1 aliphatic heterocycles. The van der Waals surface area contributed by atoms with Crippen molar-refractivity contribution in [3.63, 3.8) is 0 Å². The first kappa shape index (κ1) is 13.2. The van der Waals surface area contributed by atoms with Crippen LogP contribution in [0.3, 0.4) is 0 Å². The molecule has 20 heavy (non-hydrogen) atoms. The van der Waals surface area contributed by atoms with Gasteiger partial charge in [-0.15, -0.1) is 5.10 Å². The number of halogens is 1. The maximum Gasteiger partial charge on any atom is 0.127 e. The van der Waals surface area contributed by atoms with Crippen LogP contribution in [-0.2, 0) is 4.74 Å². The fourth-order valence-electron chi connectivity index (χ4n) is 2.47. The third kappa shape index (κ3) is 2.45. The van der Waals surface area contributed by atoms with Crippen molar-refractivity contribution < 1.29 is 9.13 Å². The minimum atomic E-state index is -0.184. The maximum absolute atomic E-state index is 14.0. The number of hydrogen-bond donors (Lipinski definition) is 0. The fourth-order valence-corrected chi connectivity index (χ4v) is 2.47. The normalized spacial score (nSPS) is 18.9. The van der Waals surface area contributed by atoms with E-state index in [2.05, 4.69) is 10.3 Å². The molecule has 0 radical (unpaired) electrons. The third-order valence-corrected chi connectivity index (χ3v) is 3.71. The second kappa shape index (κ2) is 5.32. The Morgan fingerprint density at radius 2 is 2.25 bits per heavy atom. The molecule has 1 fully saturated rings. The monoisotopic (exact) mass is 275 g/mol. The van der Waals surface area contributed by atoms with Gasteiger partial charge in [-0.05, 0) is 24.0 Å². The molecule has 3 rings (SSSR count). The molecular weight excluding hydrogens is 257 g/mol. The van der Waals surface area contributed by atoms with E-state index in [1.165, 1.54) is 6.07 Å². The summed E-state index contributed by atoms with van der Waals surface area (Å²) in [4.78, 5) is 0. The van der Waals surface area contributed by atoms with Gasteiger partial charge in [0, 0.05) is 12.2 Å². The number of aromatic nitrogens is 3. The van der Waals surface area contributed by atoms with Crippen molar-refractivity contribution in [3.8, 4) is 11.3 Å². The van der Waals surface area contributed by atoms with E-state index in [1.807, 2.05) is 36.9 Å². The molecule has 1 aliphatic rings. The molecule has 2 aromatic rings. The quantitative estimate of drug-likeness (QED) is 0.863. The highest BCUT2D eigenvalue weighted by Crippen LogP contribution is 2.25. The molecule has 0 amide bonds. The van der Waals surface area contributed by atoms with E-state index in [0.717, 1.165) is 24.2 Å². The summed E-state index contributed by atoms with van der Waals surface area (Å²) >= 11 is 0. The molecular formula is C15H18FN3O. The second-order valence-corrected chi connectivity index (χ2v) is 5.49. The van der Waals surface area contributed by atoms with Crippen LogP contribution < -0.4 is 0 Å². The second-order valence-electron chi connectivity index (χ2n) is 5.49. The first-order valence-corrected chi connectivity index (χ1v) is 6.94. The first-order chi connectivity index (χ1) is 9.65. The molecule has 2 heterocycles. The third-order valence-electron chi connectivity index (χ3n) is 3.71. The van der Waals surface area contributed by atoms with E-state index < -0.39 is 0 Å². The van der Waals surface area contributed by atoms with Crippen molar-refractivity contribution in [2.24, 2.45) is 0 Å². The minimum Gasteiger partial charge on any atom is -0.379 e. The molecule has 0 unspecified atom stereocenters. The summed E-state index contributed by atoms with van der Waals surface area (Å²) in [6, 6.07) is 5.51. The molecule has 0 aliphatic carbocycles. The SMILES string of the molecule is CC(C)c1ccc(-c2cn([C@@H]3CCOC3)nn2)cc1F. The summed E-state index contributed by atoms with van der Waals surface area (Å²) in [5.74, 6) is -0.00776. The van der Waals surface area contributed by atoms with Crippen LogP contribution in [0.25, 0.3) is 11.3 Å². The highest BCUT2D eigenvalue weighted by atomic mass is 19.1. The number of ether oxygens (including phenoxy) is 1. The number of hydrogen-bond acceptors (Lipinski definition) is 3. The Kier molecular flexibility index (Phi) is 3.53. The van der Waals surface area contributed by atoms with Crippen molar-refractivity contribution in [2.75, 3.05) is 13.2 Å². The summed E-state index contributed by atoms with van der Waals surface area (Å²) < 4.78 is 21.2. The Morgan fingerprint density at radius 1 is 1.40 bits per heavy atom. The van der Waals surface area contributed by atoms with E-state index in [9.17, 15) is 4.39 Å². The Balaban J connectivity index is 1.87. The molecule has 1 atom stereocenters.